The largest absolute Gasteiger partial charge is 0.237 e. The molecule has 3 rings (SSSR count). The lowest BCUT2D eigenvalue weighted by Crippen LogP contribution is -2.10. The highest BCUT2D eigenvalue weighted by atomic mass is 35.5. The average molecular weight is 301 g/mol. The van der Waals surface area contributed by atoms with Crippen molar-refractivity contribution in [2.24, 2.45) is 0 Å². The number of aromatic nitrogens is 2. The van der Waals surface area contributed by atoms with Crippen LogP contribution in [0.5, 0.6) is 0 Å². The van der Waals surface area contributed by atoms with Crippen molar-refractivity contribution in [2.45, 2.75) is 43.9 Å². The van der Waals surface area contributed by atoms with E-state index in [2.05, 4.69) is 9.97 Å². The van der Waals surface area contributed by atoms with Gasteiger partial charge < -0.3 is 0 Å². The molecular formula is C13H17ClN2O2S. The molecule has 1 saturated heterocycles. The molecule has 19 heavy (non-hydrogen) atoms. The van der Waals surface area contributed by atoms with Crippen molar-refractivity contribution in [3.63, 3.8) is 0 Å². The Bertz CT molecular complexity index is 582. The first-order chi connectivity index (χ1) is 9.03. The lowest BCUT2D eigenvalue weighted by atomic mass is 10.0. The van der Waals surface area contributed by atoms with E-state index in [9.17, 15) is 8.42 Å². The molecule has 1 aromatic heterocycles. The third-order valence-electron chi connectivity index (χ3n) is 4.10. The van der Waals surface area contributed by atoms with Crippen molar-refractivity contribution in [3.8, 4) is 0 Å². The number of rotatable bonds is 2. The lowest BCUT2D eigenvalue weighted by Gasteiger charge is -2.13. The summed E-state index contributed by atoms with van der Waals surface area (Å²) in [4.78, 5) is 8.85. The normalized spacial score (nSPS) is 26.9. The number of nitrogens with zero attached hydrogens (tertiary/aromatic N) is 2. The summed E-state index contributed by atoms with van der Waals surface area (Å²) in [5.41, 5.74) is 0.997. The SMILES string of the molecule is O=S1(=O)CCC(c2nc(Cl)cc(C3CCCC3)n2)C1. The summed E-state index contributed by atoms with van der Waals surface area (Å²) in [6.45, 7) is 0. The quantitative estimate of drug-likeness (QED) is 0.788. The van der Waals surface area contributed by atoms with E-state index in [0.717, 1.165) is 18.5 Å². The van der Waals surface area contributed by atoms with Crippen molar-refractivity contribution in [1.82, 2.24) is 9.97 Å². The fourth-order valence-corrected chi connectivity index (χ4v) is 5.00. The molecule has 1 atom stereocenters. The van der Waals surface area contributed by atoms with E-state index < -0.39 is 9.84 Å². The highest BCUT2D eigenvalue weighted by Crippen LogP contribution is 2.35. The van der Waals surface area contributed by atoms with Gasteiger partial charge in [0.15, 0.2) is 9.84 Å². The van der Waals surface area contributed by atoms with Gasteiger partial charge in [0.05, 0.1) is 11.5 Å². The first kappa shape index (κ1) is 13.3. The van der Waals surface area contributed by atoms with Crippen molar-refractivity contribution in [1.29, 1.82) is 0 Å². The molecule has 1 aliphatic heterocycles. The van der Waals surface area contributed by atoms with Gasteiger partial charge in [-0.05, 0) is 25.3 Å². The highest BCUT2D eigenvalue weighted by Gasteiger charge is 2.32. The maximum Gasteiger partial charge on any atom is 0.151 e. The van der Waals surface area contributed by atoms with E-state index >= 15 is 0 Å². The molecule has 1 unspecified atom stereocenters. The molecule has 1 aromatic rings. The predicted octanol–water partition coefficient (Wildman–Crippen LogP) is 2.69. The number of hydrogen-bond donors (Lipinski definition) is 0. The second-order valence-electron chi connectivity index (χ2n) is 5.56. The van der Waals surface area contributed by atoms with Crippen LogP contribution in [0.2, 0.25) is 5.15 Å². The first-order valence-electron chi connectivity index (χ1n) is 6.78. The van der Waals surface area contributed by atoms with E-state index in [0.29, 0.717) is 23.3 Å². The minimum atomic E-state index is -2.91. The van der Waals surface area contributed by atoms with Gasteiger partial charge in [-0.3, -0.25) is 0 Å². The summed E-state index contributed by atoms with van der Waals surface area (Å²) in [6.07, 6.45) is 5.39. The molecule has 0 N–H and O–H groups in total. The van der Waals surface area contributed by atoms with E-state index in [-0.39, 0.29) is 17.4 Å². The Hall–Kier alpha value is -0.680. The van der Waals surface area contributed by atoms with Crippen LogP contribution in [0.4, 0.5) is 0 Å². The van der Waals surface area contributed by atoms with Crippen LogP contribution in [-0.4, -0.2) is 29.9 Å². The number of sulfone groups is 1. The molecule has 104 valence electrons. The molecule has 0 spiro atoms. The molecule has 0 aromatic carbocycles. The van der Waals surface area contributed by atoms with Gasteiger partial charge in [-0.1, -0.05) is 24.4 Å². The first-order valence-corrected chi connectivity index (χ1v) is 8.98. The van der Waals surface area contributed by atoms with E-state index in [1.54, 1.807) is 0 Å². The Labute approximate surface area is 118 Å². The monoisotopic (exact) mass is 300 g/mol. The van der Waals surface area contributed by atoms with Crippen LogP contribution >= 0.6 is 11.6 Å². The second-order valence-corrected chi connectivity index (χ2v) is 8.17. The fourth-order valence-electron chi connectivity index (χ4n) is 3.07. The molecule has 6 heteroatoms. The zero-order valence-electron chi connectivity index (χ0n) is 10.7. The molecule has 0 radical (unpaired) electrons. The van der Waals surface area contributed by atoms with Crippen LogP contribution in [0.25, 0.3) is 0 Å². The van der Waals surface area contributed by atoms with Crippen LogP contribution in [-0.2, 0) is 9.84 Å². The van der Waals surface area contributed by atoms with Crippen LogP contribution in [0.15, 0.2) is 6.07 Å². The Morgan fingerprint density at radius 3 is 2.47 bits per heavy atom. The maximum absolute atomic E-state index is 11.6. The Morgan fingerprint density at radius 1 is 1.11 bits per heavy atom. The van der Waals surface area contributed by atoms with Gasteiger partial charge in [-0.2, -0.15) is 0 Å². The average Bonchev–Trinajstić information content (AvgIpc) is 2.97. The topological polar surface area (TPSA) is 59.9 Å². The van der Waals surface area contributed by atoms with Gasteiger partial charge in [0.1, 0.15) is 11.0 Å². The number of halogens is 1. The van der Waals surface area contributed by atoms with Gasteiger partial charge >= 0.3 is 0 Å². The summed E-state index contributed by atoms with van der Waals surface area (Å²) in [6, 6.07) is 1.84. The molecule has 2 aliphatic rings. The lowest BCUT2D eigenvalue weighted by molar-refractivity contribution is 0.600. The number of hydrogen-bond acceptors (Lipinski definition) is 4. The van der Waals surface area contributed by atoms with Gasteiger partial charge in [0.2, 0.25) is 0 Å². The van der Waals surface area contributed by atoms with E-state index in [1.807, 2.05) is 6.07 Å². The molecular weight excluding hydrogens is 284 g/mol. The zero-order chi connectivity index (χ0) is 13.5. The van der Waals surface area contributed by atoms with Gasteiger partial charge in [0, 0.05) is 17.5 Å². The molecule has 2 fully saturated rings. The minimum Gasteiger partial charge on any atom is -0.237 e. The maximum atomic E-state index is 11.6. The summed E-state index contributed by atoms with van der Waals surface area (Å²) in [5.74, 6) is 1.42. The zero-order valence-corrected chi connectivity index (χ0v) is 12.3. The van der Waals surface area contributed by atoms with Crippen LogP contribution in [0.3, 0.4) is 0 Å². The standard InChI is InChI=1S/C13H17ClN2O2S/c14-12-7-11(9-3-1-2-4-9)15-13(16-12)10-5-6-19(17,18)8-10/h7,9-10H,1-6,8H2. The van der Waals surface area contributed by atoms with Gasteiger partial charge in [-0.15, -0.1) is 0 Å². The molecule has 0 amide bonds. The summed E-state index contributed by atoms with van der Waals surface area (Å²) < 4.78 is 23.1. The van der Waals surface area contributed by atoms with Crippen molar-refractivity contribution < 1.29 is 8.42 Å². The third kappa shape index (κ3) is 2.92. The molecule has 4 nitrogen and oxygen atoms in total. The minimum absolute atomic E-state index is 0.0798. The van der Waals surface area contributed by atoms with E-state index in [4.69, 9.17) is 11.6 Å². The smallest absolute Gasteiger partial charge is 0.151 e. The van der Waals surface area contributed by atoms with Gasteiger partial charge in [-0.25, -0.2) is 18.4 Å². The molecule has 2 heterocycles. The van der Waals surface area contributed by atoms with Crippen LogP contribution < -0.4 is 0 Å². The molecule has 0 bridgehead atoms. The predicted molar refractivity (Wildman–Crippen MR) is 74.3 cm³/mol. The highest BCUT2D eigenvalue weighted by molar-refractivity contribution is 7.91. The van der Waals surface area contributed by atoms with Crippen molar-refractivity contribution >= 4 is 21.4 Å². The third-order valence-corrected chi connectivity index (χ3v) is 6.06. The fraction of sp³-hybridized carbons (Fsp3) is 0.692. The molecule has 1 saturated carbocycles. The summed E-state index contributed by atoms with van der Waals surface area (Å²) >= 11 is 6.08. The van der Waals surface area contributed by atoms with Crippen molar-refractivity contribution in [3.05, 3.63) is 22.7 Å². The Balaban J connectivity index is 1.89. The Morgan fingerprint density at radius 2 is 1.84 bits per heavy atom. The van der Waals surface area contributed by atoms with Crippen molar-refractivity contribution in [2.75, 3.05) is 11.5 Å². The molecule has 1 aliphatic carbocycles. The summed E-state index contributed by atoms with van der Waals surface area (Å²) in [7, 11) is -2.91. The van der Waals surface area contributed by atoms with Crippen LogP contribution in [0, 0.1) is 0 Å². The second kappa shape index (κ2) is 5.02. The van der Waals surface area contributed by atoms with Gasteiger partial charge in [0.25, 0.3) is 0 Å². The van der Waals surface area contributed by atoms with E-state index in [1.165, 1.54) is 12.8 Å². The summed E-state index contributed by atoms with van der Waals surface area (Å²) in [5, 5.41) is 0.441. The Kier molecular flexibility index (Phi) is 3.52. The van der Waals surface area contributed by atoms with Crippen LogP contribution in [0.1, 0.15) is 55.5 Å².